The van der Waals surface area contributed by atoms with Crippen LogP contribution in [0, 0.1) is 17.7 Å². The van der Waals surface area contributed by atoms with Crippen molar-refractivity contribution < 1.29 is 4.39 Å². The first-order valence-electron chi connectivity index (χ1n) is 5.08. The number of nitrogens with two attached hydrogens (primary N) is 1. The third kappa shape index (κ3) is 3.11. The lowest BCUT2D eigenvalue weighted by atomic mass is 9.90. The standard InChI is InChI=1S/C12H18FN/c1-9(10(2)8-14)6-11-4-3-5-12(13)7-11/h3-5,7,9-10H,6,8,14H2,1-2H3. The molecule has 78 valence electrons. The average Bonchev–Trinajstić information content (AvgIpc) is 2.16. The van der Waals surface area contributed by atoms with Gasteiger partial charge in [0.2, 0.25) is 0 Å². The summed E-state index contributed by atoms with van der Waals surface area (Å²) in [4.78, 5) is 0. The highest BCUT2D eigenvalue weighted by Crippen LogP contribution is 2.16. The number of halogens is 1. The van der Waals surface area contributed by atoms with Crippen LogP contribution in [0.25, 0.3) is 0 Å². The maximum Gasteiger partial charge on any atom is 0.123 e. The maximum atomic E-state index is 12.9. The Hall–Kier alpha value is -0.890. The van der Waals surface area contributed by atoms with Crippen molar-refractivity contribution in [3.8, 4) is 0 Å². The van der Waals surface area contributed by atoms with Crippen molar-refractivity contribution in [3.05, 3.63) is 35.6 Å². The van der Waals surface area contributed by atoms with Gasteiger partial charge in [0.15, 0.2) is 0 Å². The Balaban J connectivity index is 2.60. The van der Waals surface area contributed by atoms with Crippen LogP contribution in [0.1, 0.15) is 19.4 Å². The fourth-order valence-corrected chi connectivity index (χ4v) is 1.47. The van der Waals surface area contributed by atoms with E-state index in [2.05, 4.69) is 13.8 Å². The Morgan fingerprint density at radius 2 is 2.00 bits per heavy atom. The van der Waals surface area contributed by atoms with Crippen LogP contribution in [0.15, 0.2) is 24.3 Å². The summed E-state index contributed by atoms with van der Waals surface area (Å²) in [7, 11) is 0. The summed E-state index contributed by atoms with van der Waals surface area (Å²) in [5.41, 5.74) is 6.64. The highest BCUT2D eigenvalue weighted by atomic mass is 19.1. The predicted octanol–water partition coefficient (Wildman–Crippen LogP) is 2.60. The summed E-state index contributed by atoms with van der Waals surface area (Å²) in [5.74, 6) is 0.829. The third-order valence-corrected chi connectivity index (χ3v) is 2.79. The monoisotopic (exact) mass is 195 g/mol. The van der Waals surface area contributed by atoms with E-state index in [0.717, 1.165) is 12.0 Å². The Morgan fingerprint density at radius 3 is 2.57 bits per heavy atom. The second-order valence-electron chi connectivity index (χ2n) is 4.02. The summed E-state index contributed by atoms with van der Waals surface area (Å²) in [6.45, 7) is 4.98. The molecule has 0 aliphatic heterocycles. The maximum absolute atomic E-state index is 12.9. The minimum absolute atomic E-state index is 0.157. The van der Waals surface area contributed by atoms with Crippen molar-refractivity contribution in [2.24, 2.45) is 17.6 Å². The molecule has 1 aromatic carbocycles. The Morgan fingerprint density at radius 1 is 1.29 bits per heavy atom. The SMILES string of the molecule is CC(CN)C(C)Cc1cccc(F)c1. The van der Waals surface area contributed by atoms with Gasteiger partial charge in [-0.15, -0.1) is 0 Å². The number of benzene rings is 1. The highest BCUT2D eigenvalue weighted by molar-refractivity contribution is 5.16. The lowest BCUT2D eigenvalue weighted by molar-refractivity contribution is 0.394. The molecule has 0 aliphatic carbocycles. The molecule has 0 saturated heterocycles. The molecule has 2 heteroatoms. The van der Waals surface area contributed by atoms with Gasteiger partial charge in [-0.05, 0) is 42.5 Å². The Kier molecular flexibility index (Phi) is 4.08. The van der Waals surface area contributed by atoms with Crippen molar-refractivity contribution in [2.75, 3.05) is 6.54 Å². The van der Waals surface area contributed by atoms with E-state index in [-0.39, 0.29) is 5.82 Å². The van der Waals surface area contributed by atoms with Crippen LogP contribution in [-0.4, -0.2) is 6.54 Å². The smallest absolute Gasteiger partial charge is 0.123 e. The van der Waals surface area contributed by atoms with Crippen molar-refractivity contribution >= 4 is 0 Å². The molecule has 14 heavy (non-hydrogen) atoms. The van der Waals surface area contributed by atoms with Gasteiger partial charge < -0.3 is 5.73 Å². The van der Waals surface area contributed by atoms with Gasteiger partial charge in [0.05, 0.1) is 0 Å². The molecule has 0 aliphatic rings. The van der Waals surface area contributed by atoms with Crippen LogP contribution in [0.2, 0.25) is 0 Å². The topological polar surface area (TPSA) is 26.0 Å². The normalized spacial score (nSPS) is 15.1. The van der Waals surface area contributed by atoms with Crippen LogP contribution in [0.5, 0.6) is 0 Å². The van der Waals surface area contributed by atoms with Crippen LogP contribution in [0.3, 0.4) is 0 Å². The first kappa shape index (κ1) is 11.2. The van der Waals surface area contributed by atoms with E-state index < -0.39 is 0 Å². The highest BCUT2D eigenvalue weighted by Gasteiger charge is 2.11. The molecule has 2 atom stereocenters. The number of hydrogen-bond donors (Lipinski definition) is 1. The minimum atomic E-state index is -0.157. The quantitative estimate of drug-likeness (QED) is 0.785. The van der Waals surface area contributed by atoms with Crippen LogP contribution < -0.4 is 5.73 Å². The molecule has 1 aromatic rings. The molecule has 2 N–H and O–H groups in total. The van der Waals surface area contributed by atoms with Crippen LogP contribution in [-0.2, 0) is 6.42 Å². The van der Waals surface area contributed by atoms with Gasteiger partial charge in [-0.3, -0.25) is 0 Å². The van der Waals surface area contributed by atoms with E-state index in [4.69, 9.17) is 5.73 Å². The summed E-state index contributed by atoms with van der Waals surface area (Å²) in [6.07, 6.45) is 0.899. The first-order valence-corrected chi connectivity index (χ1v) is 5.08. The Labute approximate surface area is 85.1 Å². The zero-order valence-electron chi connectivity index (χ0n) is 8.83. The van der Waals surface area contributed by atoms with Crippen molar-refractivity contribution in [3.63, 3.8) is 0 Å². The van der Waals surface area contributed by atoms with Gasteiger partial charge in [-0.2, -0.15) is 0 Å². The van der Waals surface area contributed by atoms with E-state index in [0.29, 0.717) is 18.4 Å². The van der Waals surface area contributed by atoms with E-state index in [9.17, 15) is 4.39 Å². The summed E-state index contributed by atoms with van der Waals surface area (Å²) < 4.78 is 12.9. The molecule has 0 fully saturated rings. The molecular formula is C12H18FN. The minimum Gasteiger partial charge on any atom is -0.330 e. The molecule has 0 aromatic heterocycles. The van der Waals surface area contributed by atoms with E-state index in [1.54, 1.807) is 12.1 Å². The van der Waals surface area contributed by atoms with Gasteiger partial charge in [0, 0.05) is 0 Å². The zero-order valence-corrected chi connectivity index (χ0v) is 8.83. The summed E-state index contributed by atoms with van der Waals surface area (Å²) in [6, 6.07) is 6.79. The predicted molar refractivity (Wildman–Crippen MR) is 57.5 cm³/mol. The Bertz CT molecular complexity index is 285. The molecule has 2 unspecified atom stereocenters. The molecule has 0 amide bonds. The first-order chi connectivity index (χ1) is 6.63. The lowest BCUT2D eigenvalue weighted by Crippen LogP contribution is -2.20. The van der Waals surface area contributed by atoms with E-state index in [1.165, 1.54) is 6.07 Å². The van der Waals surface area contributed by atoms with E-state index >= 15 is 0 Å². The van der Waals surface area contributed by atoms with Crippen molar-refractivity contribution in [2.45, 2.75) is 20.3 Å². The average molecular weight is 195 g/mol. The molecule has 1 nitrogen and oxygen atoms in total. The van der Waals surface area contributed by atoms with Gasteiger partial charge >= 0.3 is 0 Å². The lowest BCUT2D eigenvalue weighted by Gasteiger charge is -2.17. The van der Waals surface area contributed by atoms with E-state index in [1.807, 2.05) is 6.07 Å². The number of rotatable bonds is 4. The fraction of sp³-hybridized carbons (Fsp3) is 0.500. The number of hydrogen-bond acceptors (Lipinski definition) is 1. The third-order valence-electron chi connectivity index (χ3n) is 2.79. The summed E-state index contributed by atoms with van der Waals surface area (Å²) >= 11 is 0. The second-order valence-corrected chi connectivity index (χ2v) is 4.02. The molecule has 0 saturated carbocycles. The molecule has 0 radical (unpaired) electrons. The van der Waals surface area contributed by atoms with Gasteiger partial charge in [0.25, 0.3) is 0 Å². The molecule has 1 rings (SSSR count). The van der Waals surface area contributed by atoms with Crippen molar-refractivity contribution in [1.29, 1.82) is 0 Å². The van der Waals surface area contributed by atoms with Gasteiger partial charge in [0.1, 0.15) is 5.82 Å². The zero-order chi connectivity index (χ0) is 10.6. The van der Waals surface area contributed by atoms with Gasteiger partial charge in [-0.1, -0.05) is 26.0 Å². The van der Waals surface area contributed by atoms with Crippen LogP contribution in [0.4, 0.5) is 4.39 Å². The molecule has 0 heterocycles. The van der Waals surface area contributed by atoms with Crippen LogP contribution >= 0.6 is 0 Å². The molecule has 0 bridgehead atoms. The fourth-order valence-electron chi connectivity index (χ4n) is 1.47. The molecule has 0 spiro atoms. The summed E-state index contributed by atoms with van der Waals surface area (Å²) in [5, 5.41) is 0. The molecular weight excluding hydrogens is 177 g/mol. The second kappa shape index (κ2) is 5.11. The van der Waals surface area contributed by atoms with Crippen molar-refractivity contribution in [1.82, 2.24) is 0 Å². The van der Waals surface area contributed by atoms with Gasteiger partial charge in [-0.25, -0.2) is 4.39 Å². The largest absolute Gasteiger partial charge is 0.330 e.